The van der Waals surface area contributed by atoms with Crippen molar-refractivity contribution < 1.29 is 19.0 Å². The first kappa shape index (κ1) is 18.1. The van der Waals surface area contributed by atoms with Crippen LogP contribution in [0.25, 0.3) is 0 Å². The number of nitrogens with two attached hydrogens (primary N) is 1. The lowest BCUT2D eigenvalue weighted by atomic mass is 9.87. The molecule has 2 aromatic rings. The number of aliphatic hydroxyl groups is 1. The summed E-state index contributed by atoms with van der Waals surface area (Å²) >= 11 is 0. The number of rotatable bonds is 2. The number of hydrogen-bond donors (Lipinski definition) is 2. The molecule has 0 spiro atoms. The topological polar surface area (TPSA) is 75.8 Å². The first-order valence-corrected chi connectivity index (χ1v) is 9.23. The molecule has 4 atom stereocenters. The Hall–Kier alpha value is -2.28. The summed E-state index contributed by atoms with van der Waals surface area (Å²) < 4.78 is 19.1. The van der Waals surface area contributed by atoms with Crippen molar-refractivity contribution in [3.63, 3.8) is 0 Å². The fourth-order valence-corrected chi connectivity index (χ4v) is 3.97. The molecule has 2 aliphatic rings. The summed E-state index contributed by atoms with van der Waals surface area (Å²) in [6.07, 6.45) is -0.537. The van der Waals surface area contributed by atoms with E-state index in [0.29, 0.717) is 6.54 Å². The zero-order valence-corrected chi connectivity index (χ0v) is 14.9. The molecule has 2 aliphatic heterocycles. The molecule has 2 aromatic carbocycles. The van der Waals surface area contributed by atoms with E-state index < -0.39 is 18.2 Å². The highest BCUT2D eigenvalue weighted by molar-refractivity contribution is 5.82. The van der Waals surface area contributed by atoms with Gasteiger partial charge in [-0.15, -0.1) is 0 Å². The van der Waals surface area contributed by atoms with Crippen LogP contribution in [0.5, 0.6) is 0 Å². The van der Waals surface area contributed by atoms with E-state index >= 15 is 0 Å². The summed E-state index contributed by atoms with van der Waals surface area (Å²) in [5.74, 6) is -0.474. The molecular weight excluding hydrogens is 347 g/mol. The predicted octanol–water partition coefficient (Wildman–Crippen LogP) is 1.78. The number of ether oxygens (including phenoxy) is 1. The van der Waals surface area contributed by atoms with Crippen LogP contribution in [0, 0.1) is 5.82 Å². The molecule has 0 saturated carbocycles. The van der Waals surface area contributed by atoms with Gasteiger partial charge in [-0.05, 0) is 35.2 Å². The van der Waals surface area contributed by atoms with Gasteiger partial charge in [-0.1, -0.05) is 36.4 Å². The third kappa shape index (κ3) is 3.48. The van der Waals surface area contributed by atoms with E-state index in [1.165, 1.54) is 17.7 Å². The van der Waals surface area contributed by atoms with Crippen molar-refractivity contribution in [3.8, 4) is 0 Å². The van der Waals surface area contributed by atoms with E-state index in [9.17, 15) is 14.3 Å². The number of fused-ring (bicyclic) bond motifs is 1. The maximum Gasteiger partial charge on any atom is 0.252 e. The van der Waals surface area contributed by atoms with Gasteiger partial charge in [0, 0.05) is 13.0 Å². The Balaban J connectivity index is 1.68. The van der Waals surface area contributed by atoms with Crippen molar-refractivity contribution in [2.75, 3.05) is 13.2 Å². The molecule has 1 saturated heterocycles. The van der Waals surface area contributed by atoms with E-state index in [1.54, 1.807) is 17.0 Å². The number of amides is 1. The van der Waals surface area contributed by atoms with Crippen molar-refractivity contribution >= 4 is 5.91 Å². The molecule has 3 N–H and O–H groups in total. The maximum absolute atomic E-state index is 13.4. The number of carbonyl (C=O) groups excluding carboxylic acids is 1. The zero-order valence-electron chi connectivity index (χ0n) is 14.9. The standard InChI is InChI=1S/C21H23FN2O3/c22-15-7-5-14(6-8-15)20-16-4-2-1-3-13(16)9-10-24(20)21(26)19-11-18(25)17(23)12-27-19/h1-8,17-20,25H,9-12,23H2/t17-,18-,19+,20-/m0/s1. The Bertz CT molecular complexity index is 826. The largest absolute Gasteiger partial charge is 0.391 e. The second kappa shape index (κ2) is 7.38. The second-order valence-electron chi connectivity index (χ2n) is 7.22. The van der Waals surface area contributed by atoms with E-state index in [2.05, 4.69) is 6.07 Å². The van der Waals surface area contributed by atoms with E-state index in [-0.39, 0.29) is 30.8 Å². The third-order valence-electron chi connectivity index (χ3n) is 5.47. The number of nitrogens with zero attached hydrogens (tertiary/aromatic N) is 1. The van der Waals surface area contributed by atoms with Gasteiger partial charge in [0.1, 0.15) is 11.9 Å². The highest BCUT2D eigenvalue weighted by Crippen LogP contribution is 2.36. The van der Waals surface area contributed by atoms with Crippen LogP contribution >= 0.6 is 0 Å². The van der Waals surface area contributed by atoms with Crippen LogP contribution < -0.4 is 5.73 Å². The number of halogens is 1. The molecule has 0 radical (unpaired) electrons. The fraction of sp³-hybridized carbons (Fsp3) is 0.381. The molecule has 0 aromatic heterocycles. The molecule has 1 amide bonds. The lowest BCUT2D eigenvalue weighted by molar-refractivity contribution is -0.154. The van der Waals surface area contributed by atoms with Crippen LogP contribution in [-0.4, -0.2) is 47.3 Å². The summed E-state index contributed by atoms with van der Waals surface area (Å²) in [7, 11) is 0. The molecule has 27 heavy (non-hydrogen) atoms. The third-order valence-corrected chi connectivity index (χ3v) is 5.47. The summed E-state index contributed by atoms with van der Waals surface area (Å²) in [5.41, 5.74) is 8.85. The van der Waals surface area contributed by atoms with Gasteiger partial charge in [-0.3, -0.25) is 4.79 Å². The molecule has 4 rings (SSSR count). The summed E-state index contributed by atoms with van der Waals surface area (Å²) in [5, 5.41) is 10.0. The molecule has 0 bridgehead atoms. The SMILES string of the molecule is N[C@H]1CO[C@@H](C(=O)N2CCc3ccccc3[C@@H]2c2ccc(F)cc2)C[C@@H]1O. The first-order valence-electron chi connectivity index (χ1n) is 9.23. The normalized spacial score (nSPS) is 27.9. The minimum Gasteiger partial charge on any atom is -0.391 e. The molecule has 0 aliphatic carbocycles. The zero-order chi connectivity index (χ0) is 19.0. The average molecular weight is 370 g/mol. The van der Waals surface area contributed by atoms with Crippen molar-refractivity contribution in [2.45, 2.75) is 37.1 Å². The monoisotopic (exact) mass is 370 g/mol. The fourth-order valence-electron chi connectivity index (χ4n) is 3.97. The maximum atomic E-state index is 13.4. The summed E-state index contributed by atoms with van der Waals surface area (Å²) in [6, 6.07) is 13.5. The Morgan fingerprint density at radius 2 is 1.93 bits per heavy atom. The molecule has 2 heterocycles. The highest BCUT2D eigenvalue weighted by Gasteiger charge is 2.39. The minimum absolute atomic E-state index is 0.156. The molecule has 142 valence electrons. The predicted molar refractivity (Wildman–Crippen MR) is 98.4 cm³/mol. The van der Waals surface area contributed by atoms with Crippen LogP contribution in [0.3, 0.4) is 0 Å². The Morgan fingerprint density at radius 3 is 2.67 bits per heavy atom. The highest BCUT2D eigenvalue weighted by atomic mass is 19.1. The Labute approximate surface area is 157 Å². The van der Waals surface area contributed by atoms with Crippen molar-refractivity contribution in [1.82, 2.24) is 4.90 Å². The van der Waals surface area contributed by atoms with E-state index in [1.807, 2.05) is 18.2 Å². The Kier molecular flexibility index (Phi) is 4.95. The van der Waals surface area contributed by atoms with E-state index in [4.69, 9.17) is 10.5 Å². The van der Waals surface area contributed by atoms with Gasteiger partial charge in [-0.25, -0.2) is 4.39 Å². The van der Waals surface area contributed by atoms with Crippen molar-refractivity contribution in [1.29, 1.82) is 0 Å². The molecular formula is C21H23FN2O3. The van der Waals surface area contributed by atoms with Gasteiger partial charge in [0.2, 0.25) is 0 Å². The molecule has 6 heteroatoms. The number of hydrogen-bond acceptors (Lipinski definition) is 4. The van der Waals surface area contributed by atoms with E-state index in [0.717, 1.165) is 17.5 Å². The minimum atomic E-state index is -0.756. The van der Waals surface area contributed by atoms with Crippen LogP contribution in [0.1, 0.15) is 29.2 Å². The Morgan fingerprint density at radius 1 is 1.19 bits per heavy atom. The van der Waals surface area contributed by atoms with Crippen molar-refractivity contribution in [3.05, 3.63) is 71.0 Å². The summed E-state index contributed by atoms with van der Waals surface area (Å²) in [4.78, 5) is 15.0. The number of aliphatic hydroxyl groups excluding tert-OH is 1. The van der Waals surface area contributed by atoms with Crippen LogP contribution in [0.4, 0.5) is 4.39 Å². The lowest BCUT2D eigenvalue weighted by Gasteiger charge is -2.41. The van der Waals surface area contributed by atoms with Gasteiger partial charge in [0.05, 0.1) is 24.8 Å². The smallest absolute Gasteiger partial charge is 0.252 e. The number of benzene rings is 2. The average Bonchev–Trinajstić information content (AvgIpc) is 2.69. The molecule has 1 fully saturated rings. The second-order valence-corrected chi connectivity index (χ2v) is 7.22. The first-order chi connectivity index (χ1) is 13.0. The summed E-state index contributed by atoms with van der Waals surface area (Å²) in [6.45, 7) is 0.698. The van der Waals surface area contributed by atoms with Crippen LogP contribution in [0.2, 0.25) is 0 Å². The quantitative estimate of drug-likeness (QED) is 0.845. The van der Waals surface area contributed by atoms with Crippen molar-refractivity contribution in [2.24, 2.45) is 5.73 Å². The van der Waals surface area contributed by atoms with Gasteiger partial charge in [0.25, 0.3) is 5.91 Å². The van der Waals surface area contributed by atoms with Gasteiger partial charge in [-0.2, -0.15) is 0 Å². The molecule has 0 unspecified atom stereocenters. The van der Waals surface area contributed by atoms with Crippen LogP contribution in [0.15, 0.2) is 48.5 Å². The van der Waals surface area contributed by atoms with Gasteiger partial charge in [0.15, 0.2) is 0 Å². The van der Waals surface area contributed by atoms with Crippen LogP contribution in [-0.2, 0) is 16.0 Å². The van der Waals surface area contributed by atoms with Gasteiger partial charge >= 0.3 is 0 Å². The lowest BCUT2D eigenvalue weighted by Crippen LogP contribution is -2.53. The number of carbonyl (C=O) groups is 1. The van der Waals surface area contributed by atoms with Gasteiger partial charge < -0.3 is 20.5 Å². The molecule has 5 nitrogen and oxygen atoms in total.